The van der Waals surface area contributed by atoms with Gasteiger partial charge in [0.1, 0.15) is 17.5 Å². The summed E-state index contributed by atoms with van der Waals surface area (Å²) in [6.07, 6.45) is 3.31. The first-order chi connectivity index (χ1) is 12.2. The van der Waals surface area contributed by atoms with Gasteiger partial charge in [0.2, 0.25) is 0 Å². The van der Waals surface area contributed by atoms with E-state index in [0.717, 1.165) is 35.0 Å². The van der Waals surface area contributed by atoms with Crippen LogP contribution in [0, 0.1) is 18.3 Å². The monoisotopic (exact) mass is 329 g/mol. The van der Waals surface area contributed by atoms with Gasteiger partial charge in [-0.1, -0.05) is 6.07 Å². The molecule has 0 saturated carbocycles. The summed E-state index contributed by atoms with van der Waals surface area (Å²) in [5.41, 5.74) is 5.14. The second kappa shape index (κ2) is 5.83. The summed E-state index contributed by atoms with van der Waals surface area (Å²) in [7, 11) is 0. The smallest absolute Gasteiger partial charge is 0.162 e. The lowest BCUT2D eigenvalue weighted by molar-refractivity contribution is 0.762. The van der Waals surface area contributed by atoms with Gasteiger partial charge in [-0.25, -0.2) is 14.5 Å². The summed E-state index contributed by atoms with van der Waals surface area (Å²) in [4.78, 5) is 13.3. The van der Waals surface area contributed by atoms with Crippen molar-refractivity contribution in [3.63, 3.8) is 0 Å². The molecule has 0 fully saturated rings. The molecule has 7 nitrogen and oxygen atoms in total. The number of aryl methyl sites for hydroxylation is 2. The van der Waals surface area contributed by atoms with Crippen molar-refractivity contribution in [3.8, 4) is 28.8 Å². The summed E-state index contributed by atoms with van der Waals surface area (Å²) in [6.45, 7) is 4.76. The van der Waals surface area contributed by atoms with Crippen molar-refractivity contribution >= 4 is 5.65 Å². The topological polar surface area (TPSA) is 84.7 Å². The van der Waals surface area contributed by atoms with Crippen LogP contribution in [0.25, 0.3) is 28.4 Å². The molecule has 4 heterocycles. The highest BCUT2D eigenvalue weighted by molar-refractivity contribution is 5.75. The van der Waals surface area contributed by atoms with Crippen molar-refractivity contribution < 1.29 is 0 Å². The zero-order chi connectivity index (χ0) is 17.4. The van der Waals surface area contributed by atoms with Gasteiger partial charge in [0.25, 0.3) is 0 Å². The minimum absolute atomic E-state index is 0.398. The van der Waals surface area contributed by atoms with Crippen LogP contribution in [0.1, 0.15) is 18.3 Å². The number of hydrogen-bond donors (Lipinski definition) is 0. The lowest BCUT2D eigenvalue weighted by Gasteiger charge is -2.08. The maximum absolute atomic E-state index is 9.23. The Morgan fingerprint density at radius 2 is 2.00 bits per heavy atom. The Labute approximate surface area is 144 Å². The van der Waals surface area contributed by atoms with Crippen LogP contribution in [0.3, 0.4) is 0 Å². The standard InChI is InChI=1S/C18H15N7/c1-3-24-11-21-17(14-6-4-5-12(2)22-14)18(24)15-7-8-16-20-10-13(9-19)25(16)23-15/h4-8,10-11H,3H2,1-2H3. The number of aromatic nitrogens is 6. The van der Waals surface area contributed by atoms with Crippen LogP contribution in [0.2, 0.25) is 0 Å². The third-order valence-electron chi connectivity index (χ3n) is 4.03. The van der Waals surface area contributed by atoms with Crippen molar-refractivity contribution in [2.24, 2.45) is 0 Å². The van der Waals surface area contributed by atoms with E-state index in [9.17, 15) is 5.26 Å². The number of pyridine rings is 1. The molecule has 0 unspecified atom stereocenters. The summed E-state index contributed by atoms with van der Waals surface area (Å²) < 4.78 is 3.58. The van der Waals surface area contributed by atoms with Gasteiger partial charge >= 0.3 is 0 Å². The molecule has 0 bridgehead atoms. The molecule has 25 heavy (non-hydrogen) atoms. The van der Waals surface area contributed by atoms with Gasteiger partial charge in [0.15, 0.2) is 11.3 Å². The van der Waals surface area contributed by atoms with Gasteiger partial charge in [0.05, 0.1) is 23.9 Å². The molecule has 0 saturated heterocycles. The number of nitriles is 1. The van der Waals surface area contributed by atoms with E-state index in [1.807, 2.05) is 41.8 Å². The van der Waals surface area contributed by atoms with Gasteiger partial charge in [-0.2, -0.15) is 10.4 Å². The fourth-order valence-corrected chi connectivity index (χ4v) is 2.83. The molecule has 4 rings (SSSR count). The Morgan fingerprint density at radius 3 is 2.76 bits per heavy atom. The van der Waals surface area contributed by atoms with E-state index in [2.05, 4.69) is 33.0 Å². The zero-order valence-corrected chi connectivity index (χ0v) is 13.9. The van der Waals surface area contributed by atoms with Crippen LogP contribution in [-0.4, -0.2) is 29.1 Å². The Kier molecular flexibility index (Phi) is 3.51. The fourth-order valence-electron chi connectivity index (χ4n) is 2.83. The van der Waals surface area contributed by atoms with Crippen LogP contribution in [0.4, 0.5) is 0 Å². The molecule has 0 aliphatic heterocycles. The first-order valence-electron chi connectivity index (χ1n) is 7.95. The van der Waals surface area contributed by atoms with Crippen LogP contribution >= 0.6 is 0 Å². The number of imidazole rings is 2. The molecule has 122 valence electrons. The molecule has 0 aliphatic carbocycles. The molecule has 7 heteroatoms. The highest BCUT2D eigenvalue weighted by Gasteiger charge is 2.18. The molecular weight excluding hydrogens is 314 g/mol. The van der Waals surface area contributed by atoms with Gasteiger partial charge < -0.3 is 4.57 Å². The molecule has 0 N–H and O–H groups in total. The summed E-state index contributed by atoms with van der Waals surface area (Å²) in [6, 6.07) is 11.7. The van der Waals surface area contributed by atoms with Gasteiger partial charge in [-0.05, 0) is 38.1 Å². The lowest BCUT2D eigenvalue weighted by Crippen LogP contribution is -2.02. The normalized spacial score (nSPS) is 10.9. The lowest BCUT2D eigenvalue weighted by atomic mass is 10.1. The second-order valence-corrected chi connectivity index (χ2v) is 5.64. The minimum atomic E-state index is 0.398. The van der Waals surface area contributed by atoms with Crippen molar-refractivity contribution in [2.75, 3.05) is 0 Å². The quantitative estimate of drug-likeness (QED) is 0.577. The van der Waals surface area contributed by atoms with Gasteiger partial charge in [-0.3, -0.25) is 4.98 Å². The molecule has 0 atom stereocenters. The van der Waals surface area contributed by atoms with E-state index < -0.39 is 0 Å². The molecule has 0 aliphatic rings. The Balaban J connectivity index is 1.96. The van der Waals surface area contributed by atoms with E-state index in [1.165, 1.54) is 6.20 Å². The van der Waals surface area contributed by atoms with Crippen LogP contribution < -0.4 is 0 Å². The first-order valence-corrected chi connectivity index (χ1v) is 7.95. The van der Waals surface area contributed by atoms with E-state index in [0.29, 0.717) is 11.3 Å². The second-order valence-electron chi connectivity index (χ2n) is 5.64. The third-order valence-corrected chi connectivity index (χ3v) is 4.03. The number of hydrogen-bond acceptors (Lipinski definition) is 5. The third kappa shape index (κ3) is 2.44. The number of nitrogens with zero attached hydrogens (tertiary/aromatic N) is 7. The van der Waals surface area contributed by atoms with Crippen LogP contribution in [0.5, 0.6) is 0 Å². The zero-order valence-electron chi connectivity index (χ0n) is 13.9. The molecular formula is C18H15N7. The average Bonchev–Trinajstić information content (AvgIpc) is 3.24. The maximum atomic E-state index is 9.23. The van der Waals surface area contributed by atoms with Crippen molar-refractivity contribution in [2.45, 2.75) is 20.4 Å². The summed E-state index contributed by atoms with van der Waals surface area (Å²) >= 11 is 0. The number of rotatable bonds is 3. The van der Waals surface area contributed by atoms with E-state index in [4.69, 9.17) is 0 Å². The Morgan fingerprint density at radius 1 is 1.12 bits per heavy atom. The fraction of sp³-hybridized carbons (Fsp3) is 0.167. The summed E-state index contributed by atoms with van der Waals surface area (Å²) in [5, 5.41) is 13.8. The van der Waals surface area contributed by atoms with Crippen molar-refractivity contribution in [1.29, 1.82) is 5.26 Å². The largest absolute Gasteiger partial charge is 0.329 e. The highest BCUT2D eigenvalue weighted by atomic mass is 15.3. The first kappa shape index (κ1) is 15.0. The van der Waals surface area contributed by atoms with Crippen molar-refractivity contribution in [1.82, 2.24) is 29.1 Å². The molecule has 0 spiro atoms. The van der Waals surface area contributed by atoms with E-state index in [-0.39, 0.29) is 0 Å². The molecule has 4 aromatic heterocycles. The average molecular weight is 329 g/mol. The summed E-state index contributed by atoms with van der Waals surface area (Å²) in [5.74, 6) is 0. The molecule has 0 amide bonds. The van der Waals surface area contributed by atoms with Crippen LogP contribution in [-0.2, 0) is 6.54 Å². The van der Waals surface area contributed by atoms with Gasteiger partial charge in [0, 0.05) is 12.2 Å². The van der Waals surface area contributed by atoms with E-state index in [1.54, 1.807) is 10.8 Å². The Hall–Kier alpha value is -3.53. The predicted octanol–water partition coefficient (Wildman–Crippen LogP) is 2.85. The maximum Gasteiger partial charge on any atom is 0.162 e. The SMILES string of the molecule is CCn1cnc(-c2cccc(C)n2)c1-c1ccc2ncc(C#N)n2n1. The van der Waals surface area contributed by atoms with Gasteiger partial charge in [-0.15, -0.1) is 0 Å². The molecule has 0 aromatic carbocycles. The van der Waals surface area contributed by atoms with Crippen LogP contribution in [0.15, 0.2) is 42.9 Å². The van der Waals surface area contributed by atoms with Crippen molar-refractivity contribution in [3.05, 3.63) is 54.2 Å². The molecule has 0 radical (unpaired) electrons. The Bertz CT molecular complexity index is 1110. The number of fused-ring (bicyclic) bond motifs is 1. The minimum Gasteiger partial charge on any atom is -0.329 e. The van der Waals surface area contributed by atoms with E-state index >= 15 is 0 Å². The molecule has 4 aromatic rings. The predicted molar refractivity (Wildman–Crippen MR) is 92.6 cm³/mol. The highest BCUT2D eigenvalue weighted by Crippen LogP contribution is 2.29.